The van der Waals surface area contributed by atoms with E-state index in [1.807, 2.05) is 6.07 Å². The van der Waals surface area contributed by atoms with E-state index in [1.54, 1.807) is 24.3 Å². The van der Waals surface area contributed by atoms with Gasteiger partial charge in [0.1, 0.15) is 12.4 Å². The van der Waals surface area contributed by atoms with Gasteiger partial charge in [-0.2, -0.15) is 4.98 Å². The lowest BCUT2D eigenvalue weighted by molar-refractivity contribution is -0.146. The number of nitrogens with zero attached hydrogens (tertiary/aromatic N) is 4. The highest BCUT2D eigenvalue weighted by Crippen LogP contribution is 2.23. The molecule has 28 heavy (non-hydrogen) atoms. The quantitative estimate of drug-likeness (QED) is 0.629. The largest absolute Gasteiger partial charge is 0.337 e. The van der Waals surface area contributed by atoms with Crippen LogP contribution in [0.4, 0.5) is 10.1 Å². The van der Waals surface area contributed by atoms with Gasteiger partial charge in [0.2, 0.25) is 11.7 Å². The first-order chi connectivity index (χ1) is 13.5. The molecule has 0 atom stereocenters. The number of amides is 2. The maximum absolute atomic E-state index is 13.3. The molecule has 9 heteroatoms. The van der Waals surface area contributed by atoms with Crippen LogP contribution in [0.5, 0.6) is 0 Å². The van der Waals surface area contributed by atoms with Crippen molar-refractivity contribution >= 4 is 29.1 Å². The average molecular weight is 401 g/mol. The van der Waals surface area contributed by atoms with Crippen molar-refractivity contribution in [3.05, 3.63) is 65.3 Å². The van der Waals surface area contributed by atoms with E-state index in [9.17, 15) is 14.0 Å². The molecule has 2 heterocycles. The van der Waals surface area contributed by atoms with Crippen molar-refractivity contribution in [1.29, 1.82) is 0 Å². The number of carbonyl (C=O) groups is 2. The van der Waals surface area contributed by atoms with Gasteiger partial charge in [0.25, 0.3) is 0 Å². The summed E-state index contributed by atoms with van der Waals surface area (Å²) in [6.07, 6.45) is 0. The lowest BCUT2D eigenvalue weighted by Gasteiger charge is -2.32. The molecule has 0 unspecified atom stereocenters. The molecule has 1 saturated heterocycles. The molecule has 0 spiro atoms. The molecule has 142 valence electrons. The van der Waals surface area contributed by atoms with E-state index in [-0.39, 0.29) is 23.3 Å². The molecule has 0 aliphatic carbocycles. The lowest BCUT2D eigenvalue weighted by atomic mass is 10.2. The molecule has 0 saturated carbocycles. The standard InChI is InChI=1S/C19H14ClFN4O3/c20-14-10-12(6-7-15(14)21)17-22-16(28-23-17)11-24-8-9-25(19(27)18(24)26)13-4-2-1-3-5-13/h1-7,10H,8-9,11H2. The Morgan fingerprint density at radius 3 is 2.61 bits per heavy atom. The first-order valence-electron chi connectivity index (χ1n) is 8.47. The molecule has 1 aromatic heterocycles. The Balaban J connectivity index is 1.47. The Kier molecular flexibility index (Phi) is 4.79. The summed E-state index contributed by atoms with van der Waals surface area (Å²) in [7, 11) is 0. The molecule has 4 rings (SSSR count). The van der Waals surface area contributed by atoms with Crippen LogP contribution in [-0.2, 0) is 16.1 Å². The second-order valence-electron chi connectivity index (χ2n) is 6.16. The van der Waals surface area contributed by atoms with Crippen LogP contribution < -0.4 is 4.90 Å². The van der Waals surface area contributed by atoms with Gasteiger partial charge >= 0.3 is 11.8 Å². The third-order valence-electron chi connectivity index (χ3n) is 4.35. The van der Waals surface area contributed by atoms with Gasteiger partial charge in [-0.15, -0.1) is 0 Å². The predicted octanol–water partition coefficient (Wildman–Crippen LogP) is 2.90. The molecule has 1 fully saturated rings. The lowest BCUT2D eigenvalue weighted by Crippen LogP contribution is -2.54. The van der Waals surface area contributed by atoms with Gasteiger partial charge in [-0.1, -0.05) is 35.0 Å². The normalized spacial score (nSPS) is 14.6. The summed E-state index contributed by atoms with van der Waals surface area (Å²) >= 11 is 5.77. The zero-order chi connectivity index (χ0) is 19.7. The maximum Gasteiger partial charge on any atom is 0.316 e. The number of aromatic nitrogens is 2. The van der Waals surface area contributed by atoms with Gasteiger partial charge in [-0.05, 0) is 30.3 Å². The van der Waals surface area contributed by atoms with E-state index < -0.39 is 17.6 Å². The number of hydrogen-bond acceptors (Lipinski definition) is 5. The van der Waals surface area contributed by atoms with Gasteiger partial charge in [-0.25, -0.2) is 4.39 Å². The van der Waals surface area contributed by atoms with E-state index in [4.69, 9.17) is 16.1 Å². The number of benzene rings is 2. The molecule has 2 amide bonds. The fraction of sp³-hybridized carbons (Fsp3) is 0.158. The average Bonchev–Trinajstić information content (AvgIpc) is 3.17. The van der Waals surface area contributed by atoms with Crippen LogP contribution in [-0.4, -0.2) is 39.9 Å². The van der Waals surface area contributed by atoms with E-state index in [1.165, 1.54) is 28.0 Å². The first-order valence-corrected chi connectivity index (χ1v) is 8.84. The third kappa shape index (κ3) is 3.46. The van der Waals surface area contributed by atoms with E-state index in [2.05, 4.69) is 10.1 Å². The van der Waals surface area contributed by atoms with Crippen molar-refractivity contribution in [2.75, 3.05) is 18.0 Å². The highest BCUT2D eigenvalue weighted by molar-refractivity contribution is 6.40. The van der Waals surface area contributed by atoms with E-state index in [0.29, 0.717) is 24.3 Å². The van der Waals surface area contributed by atoms with Crippen LogP contribution in [0.15, 0.2) is 53.1 Å². The maximum atomic E-state index is 13.3. The number of rotatable bonds is 4. The van der Waals surface area contributed by atoms with Crippen LogP contribution in [0, 0.1) is 5.82 Å². The first kappa shape index (κ1) is 18.1. The SMILES string of the molecule is O=C1C(=O)N(c2ccccc2)CCN1Cc1nc(-c2ccc(F)c(Cl)c2)no1. The number of piperazine rings is 1. The zero-order valence-corrected chi connectivity index (χ0v) is 15.3. The fourth-order valence-electron chi connectivity index (χ4n) is 2.91. The van der Waals surface area contributed by atoms with Crippen LogP contribution in [0.1, 0.15) is 5.89 Å². The van der Waals surface area contributed by atoms with Crippen molar-refractivity contribution in [1.82, 2.24) is 15.0 Å². The smallest absolute Gasteiger partial charge is 0.316 e. The number of hydrogen-bond donors (Lipinski definition) is 0. The topological polar surface area (TPSA) is 79.5 Å². The molecule has 0 N–H and O–H groups in total. The molecule has 7 nitrogen and oxygen atoms in total. The van der Waals surface area contributed by atoms with E-state index in [0.717, 1.165) is 0 Å². The van der Waals surface area contributed by atoms with Crippen LogP contribution >= 0.6 is 11.6 Å². The van der Waals surface area contributed by atoms with Crippen LogP contribution in [0.25, 0.3) is 11.4 Å². The number of halogens is 2. The summed E-state index contributed by atoms with van der Waals surface area (Å²) in [5.74, 6) is -1.40. The Hall–Kier alpha value is -3.26. The van der Waals surface area contributed by atoms with Gasteiger partial charge < -0.3 is 14.3 Å². The van der Waals surface area contributed by atoms with Crippen LogP contribution in [0.3, 0.4) is 0 Å². The van der Waals surface area contributed by atoms with Gasteiger partial charge in [-0.3, -0.25) is 9.59 Å². The third-order valence-corrected chi connectivity index (χ3v) is 4.64. The highest BCUT2D eigenvalue weighted by atomic mass is 35.5. The molecule has 0 bridgehead atoms. The Bertz CT molecular complexity index is 1040. The second kappa shape index (κ2) is 7.40. The van der Waals surface area contributed by atoms with Crippen molar-refractivity contribution in [3.8, 4) is 11.4 Å². The summed E-state index contributed by atoms with van der Waals surface area (Å²) in [6.45, 7) is 0.706. The summed E-state index contributed by atoms with van der Waals surface area (Å²) in [5, 5.41) is 3.77. The molecular weight excluding hydrogens is 387 g/mol. The van der Waals surface area contributed by atoms with Crippen molar-refractivity contribution < 1.29 is 18.5 Å². The summed E-state index contributed by atoms with van der Waals surface area (Å²) < 4.78 is 18.5. The highest BCUT2D eigenvalue weighted by Gasteiger charge is 2.34. The van der Waals surface area contributed by atoms with Crippen molar-refractivity contribution in [2.45, 2.75) is 6.54 Å². The summed E-state index contributed by atoms with van der Waals surface area (Å²) in [5.41, 5.74) is 1.16. The Morgan fingerprint density at radius 1 is 1.07 bits per heavy atom. The molecule has 0 radical (unpaired) electrons. The second-order valence-corrected chi connectivity index (χ2v) is 6.57. The zero-order valence-electron chi connectivity index (χ0n) is 14.5. The molecule has 1 aliphatic rings. The number of para-hydroxylation sites is 1. The van der Waals surface area contributed by atoms with Gasteiger partial charge in [0.15, 0.2) is 0 Å². The minimum absolute atomic E-state index is 0.00906. The van der Waals surface area contributed by atoms with Crippen molar-refractivity contribution in [2.24, 2.45) is 0 Å². The number of anilines is 1. The summed E-state index contributed by atoms with van der Waals surface area (Å²) in [6, 6.07) is 13.1. The van der Waals surface area contributed by atoms with Crippen LogP contribution in [0.2, 0.25) is 5.02 Å². The molecule has 1 aliphatic heterocycles. The van der Waals surface area contributed by atoms with E-state index >= 15 is 0 Å². The molecule has 2 aromatic carbocycles. The Labute approximate surface area is 164 Å². The monoisotopic (exact) mass is 400 g/mol. The molecule has 3 aromatic rings. The Morgan fingerprint density at radius 2 is 1.86 bits per heavy atom. The van der Waals surface area contributed by atoms with Crippen molar-refractivity contribution in [3.63, 3.8) is 0 Å². The minimum atomic E-state index is -0.639. The van der Waals surface area contributed by atoms with Gasteiger partial charge in [0, 0.05) is 24.3 Å². The fourth-order valence-corrected chi connectivity index (χ4v) is 3.10. The van der Waals surface area contributed by atoms with Gasteiger partial charge in [0.05, 0.1) is 5.02 Å². The summed E-state index contributed by atoms with van der Waals surface area (Å²) in [4.78, 5) is 31.9. The minimum Gasteiger partial charge on any atom is -0.337 e. The number of carbonyl (C=O) groups excluding carboxylic acids is 2. The molecular formula is C19H14ClFN4O3. The predicted molar refractivity (Wildman–Crippen MR) is 98.9 cm³/mol.